The highest BCUT2D eigenvalue weighted by Crippen LogP contribution is 2.37. The van der Waals surface area contributed by atoms with Crippen LogP contribution in [0.5, 0.6) is 0 Å². The van der Waals surface area contributed by atoms with Crippen LogP contribution in [0.2, 0.25) is 0 Å². The van der Waals surface area contributed by atoms with E-state index in [0.29, 0.717) is 46.1 Å². The number of fused-ring (bicyclic) bond motifs is 4. The average Bonchev–Trinajstić information content (AvgIpc) is 3.69. The SMILES string of the molecule is COCCN1CCn2nc(Nc3cc(-c4ccnc(-n5ccn6c7c(cc6c5=O)CC(C)(C)C7)c4CO)cn(C)c3=O)cc2C1C. The van der Waals surface area contributed by atoms with Gasteiger partial charge in [0, 0.05) is 81.0 Å². The number of aliphatic hydroxyl groups excluding tert-OH is 1. The number of aryl methyl sites for hydroxylation is 1. The Balaban J connectivity index is 1.24. The van der Waals surface area contributed by atoms with Gasteiger partial charge in [-0.1, -0.05) is 13.8 Å². The van der Waals surface area contributed by atoms with Crippen LogP contribution in [0.3, 0.4) is 0 Å². The van der Waals surface area contributed by atoms with Crippen molar-refractivity contribution in [1.29, 1.82) is 0 Å². The predicted molar refractivity (Wildman–Crippen MR) is 176 cm³/mol. The zero-order valence-electron chi connectivity index (χ0n) is 26.9. The predicted octanol–water partition coefficient (Wildman–Crippen LogP) is 3.43. The lowest BCUT2D eigenvalue weighted by molar-refractivity contribution is 0.104. The van der Waals surface area contributed by atoms with Crippen molar-refractivity contribution in [2.24, 2.45) is 12.5 Å². The fourth-order valence-corrected chi connectivity index (χ4v) is 7.15. The number of aliphatic hydroxyl groups is 1. The number of anilines is 2. The Hall–Kier alpha value is -4.52. The molecular formula is C34H40N8O4. The number of hydrogen-bond donors (Lipinski definition) is 2. The van der Waals surface area contributed by atoms with Crippen molar-refractivity contribution in [3.8, 4) is 16.9 Å². The number of ether oxygens (including phenoxy) is 1. The minimum atomic E-state index is -0.349. The van der Waals surface area contributed by atoms with Gasteiger partial charge in [0.1, 0.15) is 17.0 Å². The second kappa shape index (κ2) is 11.4. The van der Waals surface area contributed by atoms with Gasteiger partial charge in [-0.2, -0.15) is 5.10 Å². The highest BCUT2D eigenvalue weighted by atomic mass is 16.5. The molecule has 12 heteroatoms. The molecule has 0 bridgehead atoms. The van der Waals surface area contributed by atoms with E-state index in [0.717, 1.165) is 38.2 Å². The Kier molecular flexibility index (Phi) is 7.46. The van der Waals surface area contributed by atoms with E-state index in [4.69, 9.17) is 9.84 Å². The molecule has 0 radical (unpaired) electrons. The summed E-state index contributed by atoms with van der Waals surface area (Å²) in [5.74, 6) is 0.941. The van der Waals surface area contributed by atoms with Crippen LogP contribution in [0.15, 0.2) is 58.6 Å². The maximum atomic E-state index is 13.8. The number of rotatable bonds is 8. The molecule has 12 nitrogen and oxygen atoms in total. The van der Waals surface area contributed by atoms with Gasteiger partial charge in [0.15, 0.2) is 5.82 Å². The van der Waals surface area contributed by atoms with Crippen LogP contribution in [0.1, 0.15) is 49.3 Å². The van der Waals surface area contributed by atoms with Crippen LogP contribution in [0, 0.1) is 5.41 Å². The van der Waals surface area contributed by atoms with Gasteiger partial charge in [0.05, 0.1) is 25.5 Å². The molecule has 240 valence electrons. The fourth-order valence-electron chi connectivity index (χ4n) is 7.15. The summed E-state index contributed by atoms with van der Waals surface area (Å²) in [6.07, 6.45) is 8.81. The monoisotopic (exact) mass is 624 g/mol. The van der Waals surface area contributed by atoms with Crippen LogP contribution in [0.4, 0.5) is 11.5 Å². The first-order valence-corrected chi connectivity index (χ1v) is 15.7. The molecule has 1 unspecified atom stereocenters. The Morgan fingerprint density at radius 1 is 1.11 bits per heavy atom. The summed E-state index contributed by atoms with van der Waals surface area (Å²) in [4.78, 5) is 34.0. The van der Waals surface area contributed by atoms with Gasteiger partial charge in [0.2, 0.25) is 0 Å². The molecule has 5 aromatic heterocycles. The van der Waals surface area contributed by atoms with Crippen LogP contribution < -0.4 is 16.4 Å². The summed E-state index contributed by atoms with van der Waals surface area (Å²) in [7, 11) is 3.40. The van der Waals surface area contributed by atoms with Gasteiger partial charge >= 0.3 is 0 Å². The van der Waals surface area contributed by atoms with Gasteiger partial charge in [-0.25, -0.2) is 4.98 Å². The Bertz CT molecular complexity index is 2090. The molecule has 6 heterocycles. The fraction of sp³-hybridized carbons (Fsp3) is 0.412. The lowest BCUT2D eigenvalue weighted by Gasteiger charge is -2.33. The van der Waals surface area contributed by atoms with Gasteiger partial charge in [0.25, 0.3) is 11.1 Å². The first kappa shape index (κ1) is 30.2. The third kappa shape index (κ3) is 5.06. The summed E-state index contributed by atoms with van der Waals surface area (Å²) < 4.78 is 12.3. The van der Waals surface area contributed by atoms with E-state index in [2.05, 4.69) is 36.0 Å². The van der Waals surface area contributed by atoms with Crippen LogP contribution in [-0.4, -0.2) is 65.1 Å². The van der Waals surface area contributed by atoms with E-state index in [9.17, 15) is 14.7 Å². The number of methoxy groups -OCH3 is 1. The van der Waals surface area contributed by atoms with Gasteiger partial charge in [-0.05, 0) is 54.5 Å². The van der Waals surface area contributed by atoms with Crippen LogP contribution in [-0.2, 0) is 37.8 Å². The van der Waals surface area contributed by atoms with Crippen molar-refractivity contribution in [3.05, 3.63) is 92.3 Å². The minimum Gasteiger partial charge on any atom is -0.392 e. The quantitative estimate of drug-likeness (QED) is 0.269. The molecular weight excluding hydrogens is 584 g/mol. The topological polar surface area (TPSA) is 124 Å². The first-order valence-electron chi connectivity index (χ1n) is 15.7. The molecule has 0 saturated carbocycles. The number of aromatic nitrogens is 6. The van der Waals surface area contributed by atoms with Gasteiger partial charge in [-0.3, -0.25) is 23.7 Å². The molecule has 0 fully saturated rings. The van der Waals surface area contributed by atoms with E-state index >= 15 is 0 Å². The van der Waals surface area contributed by atoms with Crippen molar-refractivity contribution >= 4 is 17.0 Å². The number of nitrogens with one attached hydrogen (secondary N) is 1. The zero-order valence-corrected chi connectivity index (χ0v) is 26.9. The largest absolute Gasteiger partial charge is 0.392 e. The molecule has 2 N–H and O–H groups in total. The summed E-state index contributed by atoms with van der Waals surface area (Å²) in [6, 6.07) is 7.69. The summed E-state index contributed by atoms with van der Waals surface area (Å²) in [5.41, 5.74) is 6.00. The number of hydrogen-bond acceptors (Lipinski definition) is 8. The second-order valence-electron chi connectivity index (χ2n) is 13.2. The van der Waals surface area contributed by atoms with E-state index < -0.39 is 0 Å². The molecule has 0 spiro atoms. The molecule has 1 aliphatic carbocycles. The number of pyridine rings is 2. The lowest BCUT2D eigenvalue weighted by atomic mass is 9.90. The standard InChI is InChI=1S/C34H40N8O4/c1-21-27-16-30(37-42(27)11-8-39(21)12-13-46-5)36-26-14-23(19-38(4)32(26)44)24-6-7-35-31(25(24)20-43)41-10-9-40-28(33(41)45)15-22-17-34(2,3)18-29(22)40/h6-7,9-10,14-16,19,21,43H,8,11-13,17-18,20H2,1-5H3,(H,36,37). The van der Waals surface area contributed by atoms with E-state index in [-0.39, 0.29) is 29.2 Å². The Morgan fingerprint density at radius 3 is 2.72 bits per heavy atom. The Morgan fingerprint density at radius 2 is 1.93 bits per heavy atom. The van der Waals surface area contributed by atoms with E-state index in [1.165, 1.54) is 20.4 Å². The zero-order chi connectivity index (χ0) is 32.3. The normalized spacial score (nSPS) is 17.4. The molecule has 0 aromatic carbocycles. The van der Waals surface area contributed by atoms with Gasteiger partial charge < -0.3 is 24.1 Å². The molecule has 2 aliphatic rings. The maximum absolute atomic E-state index is 13.8. The maximum Gasteiger partial charge on any atom is 0.280 e. The third-order valence-corrected chi connectivity index (χ3v) is 9.49. The first-order chi connectivity index (χ1) is 22.1. The van der Waals surface area contributed by atoms with Crippen molar-refractivity contribution in [1.82, 2.24) is 33.2 Å². The number of nitrogens with zero attached hydrogens (tertiary/aromatic N) is 7. The van der Waals surface area contributed by atoms with Crippen LogP contribution >= 0.6 is 0 Å². The summed E-state index contributed by atoms with van der Waals surface area (Å²) in [6.45, 7) is 9.39. The summed E-state index contributed by atoms with van der Waals surface area (Å²) in [5, 5.41) is 18.6. The minimum absolute atomic E-state index is 0.158. The third-order valence-electron chi connectivity index (χ3n) is 9.49. The van der Waals surface area contributed by atoms with Gasteiger partial charge in [-0.15, -0.1) is 0 Å². The lowest BCUT2D eigenvalue weighted by Crippen LogP contribution is -2.38. The second-order valence-corrected chi connectivity index (χ2v) is 13.2. The highest BCUT2D eigenvalue weighted by molar-refractivity contribution is 5.73. The van der Waals surface area contributed by atoms with Crippen LogP contribution in [0.25, 0.3) is 22.5 Å². The molecule has 7 rings (SSSR count). The molecule has 1 aliphatic heterocycles. The summed E-state index contributed by atoms with van der Waals surface area (Å²) >= 11 is 0. The molecule has 0 saturated heterocycles. The Labute approximate surface area is 266 Å². The van der Waals surface area contributed by atoms with Crippen molar-refractivity contribution in [2.75, 3.05) is 32.1 Å². The average molecular weight is 625 g/mol. The molecule has 0 amide bonds. The van der Waals surface area contributed by atoms with E-state index in [1.807, 2.05) is 27.4 Å². The van der Waals surface area contributed by atoms with Crippen molar-refractivity contribution in [3.63, 3.8) is 0 Å². The molecule has 5 aromatic rings. The molecule has 46 heavy (non-hydrogen) atoms. The molecule has 1 atom stereocenters. The van der Waals surface area contributed by atoms with Crippen molar-refractivity contribution in [2.45, 2.75) is 52.8 Å². The van der Waals surface area contributed by atoms with Crippen molar-refractivity contribution < 1.29 is 9.84 Å². The smallest absolute Gasteiger partial charge is 0.280 e. The van der Waals surface area contributed by atoms with E-state index in [1.54, 1.807) is 44.9 Å². The highest BCUT2D eigenvalue weighted by Gasteiger charge is 2.32.